The molecule has 1 aromatic heterocycles. The standard InChI is InChI=1S/C12H11F3N2S/c1-7-17-10(6-18-7)11(16)8-4-2-3-5-9(8)12(13,14)15/h2-6,11H,16H2,1H3. The number of aryl methyl sites for hydroxylation is 1. The molecule has 18 heavy (non-hydrogen) atoms. The second-order valence-corrected chi connectivity index (χ2v) is 4.92. The van der Waals surface area contributed by atoms with Crippen molar-refractivity contribution in [2.45, 2.75) is 19.1 Å². The van der Waals surface area contributed by atoms with Crippen molar-refractivity contribution in [2.75, 3.05) is 0 Å². The summed E-state index contributed by atoms with van der Waals surface area (Å²) in [5.41, 5.74) is 5.68. The molecular formula is C12H11F3N2S. The number of nitrogens with zero attached hydrogens (tertiary/aromatic N) is 1. The number of hydrogen-bond donors (Lipinski definition) is 1. The fourth-order valence-corrected chi connectivity index (χ4v) is 2.36. The van der Waals surface area contributed by atoms with E-state index in [9.17, 15) is 13.2 Å². The molecule has 0 aliphatic heterocycles. The van der Waals surface area contributed by atoms with Crippen LogP contribution in [0.1, 0.15) is 27.9 Å². The van der Waals surface area contributed by atoms with Gasteiger partial charge >= 0.3 is 6.18 Å². The van der Waals surface area contributed by atoms with E-state index in [2.05, 4.69) is 4.98 Å². The maximum absolute atomic E-state index is 12.9. The van der Waals surface area contributed by atoms with E-state index in [0.29, 0.717) is 5.69 Å². The van der Waals surface area contributed by atoms with Gasteiger partial charge in [-0.1, -0.05) is 18.2 Å². The number of thiazole rings is 1. The fraction of sp³-hybridized carbons (Fsp3) is 0.250. The van der Waals surface area contributed by atoms with E-state index in [1.807, 2.05) is 0 Å². The van der Waals surface area contributed by atoms with Crippen molar-refractivity contribution in [3.63, 3.8) is 0 Å². The Hall–Kier alpha value is -1.40. The van der Waals surface area contributed by atoms with Gasteiger partial charge in [-0.3, -0.25) is 0 Å². The van der Waals surface area contributed by atoms with Crippen molar-refractivity contribution in [1.82, 2.24) is 4.98 Å². The van der Waals surface area contributed by atoms with Crippen LogP contribution in [0.3, 0.4) is 0 Å². The van der Waals surface area contributed by atoms with E-state index >= 15 is 0 Å². The molecule has 96 valence electrons. The van der Waals surface area contributed by atoms with Crippen molar-refractivity contribution in [1.29, 1.82) is 0 Å². The van der Waals surface area contributed by atoms with Crippen LogP contribution in [0.25, 0.3) is 0 Å². The lowest BCUT2D eigenvalue weighted by Crippen LogP contribution is -2.18. The molecule has 0 saturated heterocycles. The van der Waals surface area contributed by atoms with Crippen molar-refractivity contribution in [2.24, 2.45) is 5.73 Å². The number of nitrogens with two attached hydrogens (primary N) is 1. The lowest BCUT2D eigenvalue weighted by Gasteiger charge is -2.16. The molecule has 1 heterocycles. The maximum atomic E-state index is 12.9. The number of benzene rings is 1. The minimum atomic E-state index is -4.40. The van der Waals surface area contributed by atoms with Gasteiger partial charge in [-0.25, -0.2) is 4.98 Å². The van der Waals surface area contributed by atoms with Gasteiger partial charge in [-0.2, -0.15) is 13.2 Å². The molecule has 2 rings (SSSR count). The maximum Gasteiger partial charge on any atom is 0.416 e. The van der Waals surface area contributed by atoms with Gasteiger partial charge in [0.2, 0.25) is 0 Å². The summed E-state index contributed by atoms with van der Waals surface area (Å²) in [6.07, 6.45) is -4.40. The van der Waals surface area contributed by atoms with Gasteiger partial charge in [0.15, 0.2) is 0 Å². The van der Waals surface area contributed by atoms with Crippen LogP contribution in [0.5, 0.6) is 0 Å². The van der Waals surface area contributed by atoms with Crippen molar-refractivity contribution < 1.29 is 13.2 Å². The average molecular weight is 272 g/mol. The van der Waals surface area contributed by atoms with Crippen LogP contribution in [0.15, 0.2) is 29.6 Å². The first-order chi connectivity index (χ1) is 8.39. The average Bonchev–Trinajstić information content (AvgIpc) is 2.74. The third-order valence-electron chi connectivity index (χ3n) is 2.56. The van der Waals surface area contributed by atoms with Crippen molar-refractivity contribution in [3.05, 3.63) is 51.5 Å². The molecule has 0 spiro atoms. The zero-order valence-corrected chi connectivity index (χ0v) is 10.3. The van der Waals surface area contributed by atoms with E-state index in [1.54, 1.807) is 18.4 Å². The number of halogens is 3. The molecule has 1 unspecified atom stereocenters. The predicted octanol–water partition coefficient (Wildman–Crippen LogP) is 3.52. The summed E-state index contributed by atoms with van der Waals surface area (Å²) in [7, 11) is 0. The Balaban J connectivity index is 2.45. The molecule has 2 N–H and O–H groups in total. The summed E-state index contributed by atoms with van der Waals surface area (Å²) in [4.78, 5) is 4.14. The highest BCUT2D eigenvalue weighted by molar-refractivity contribution is 7.09. The molecule has 0 radical (unpaired) electrons. The van der Waals surface area contributed by atoms with Crippen molar-refractivity contribution in [3.8, 4) is 0 Å². The number of aromatic nitrogens is 1. The molecule has 0 fully saturated rings. The first-order valence-corrected chi connectivity index (χ1v) is 6.11. The van der Waals surface area contributed by atoms with Crippen LogP contribution in [-0.4, -0.2) is 4.98 Å². The third-order valence-corrected chi connectivity index (χ3v) is 3.35. The highest BCUT2D eigenvalue weighted by atomic mass is 32.1. The minimum Gasteiger partial charge on any atom is -0.319 e. The summed E-state index contributed by atoms with van der Waals surface area (Å²) < 4.78 is 38.6. The van der Waals surface area contributed by atoms with Crippen molar-refractivity contribution >= 4 is 11.3 Å². The molecule has 1 atom stereocenters. The van der Waals surface area contributed by atoms with E-state index in [0.717, 1.165) is 11.1 Å². The minimum absolute atomic E-state index is 0.0512. The van der Waals surface area contributed by atoms with E-state index < -0.39 is 17.8 Å². The molecule has 0 saturated carbocycles. The van der Waals surface area contributed by atoms with Crippen LogP contribution in [0.2, 0.25) is 0 Å². The highest BCUT2D eigenvalue weighted by Gasteiger charge is 2.34. The Morgan fingerprint density at radius 3 is 2.50 bits per heavy atom. The molecule has 0 bridgehead atoms. The van der Waals surface area contributed by atoms with Crippen LogP contribution in [-0.2, 0) is 6.18 Å². The van der Waals surface area contributed by atoms with Gasteiger partial charge in [0.05, 0.1) is 22.3 Å². The lowest BCUT2D eigenvalue weighted by molar-refractivity contribution is -0.138. The van der Waals surface area contributed by atoms with Crippen LogP contribution in [0, 0.1) is 6.92 Å². The van der Waals surface area contributed by atoms with Crippen LogP contribution >= 0.6 is 11.3 Å². The second kappa shape index (κ2) is 4.70. The zero-order chi connectivity index (χ0) is 13.3. The molecule has 2 nitrogen and oxygen atoms in total. The number of hydrogen-bond acceptors (Lipinski definition) is 3. The Morgan fingerprint density at radius 1 is 1.28 bits per heavy atom. The van der Waals surface area contributed by atoms with E-state index in [4.69, 9.17) is 5.73 Å². The monoisotopic (exact) mass is 272 g/mol. The third kappa shape index (κ3) is 2.54. The molecule has 1 aromatic carbocycles. The van der Waals surface area contributed by atoms with Gasteiger partial charge < -0.3 is 5.73 Å². The zero-order valence-electron chi connectivity index (χ0n) is 9.53. The van der Waals surface area contributed by atoms with E-state index in [-0.39, 0.29) is 5.56 Å². The Labute approximate surface area is 106 Å². The van der Waals surface area contributed by atoms with E-state index in [1.165, 1.54) is 23.5 Å². The van der Waals surface area contributed by atoms with Crippen LogP contribution < -0.4 is 5.73 Å². The largest absolute Gasteiger partial charge is 0.416 e. The van der Waals surface area contributed by atoms with Gasteiger partial charge in [0, 0.05) is 5.38 Å². The first kappa shape index (κ1) is 13.0. The normalized spacial score (nSPS) is 13.6. The SMILES string of the molecule is Cc1nc(C(N)c2ccccc2C(F)(F)F)cs1. The van der Waals surface area contributed by atoms with Gasteiger partial charge in [0.1, 0.15) is 0 Å². The summed E-state index contributed by atoms with van der Waals surface area (Å²) >= 11 is 1.37. The Kier molecular flexibility index (Phi) is 3.41. The second-order valence-electron chi connectivity index (χ2n) is 3.85. The summed E-state index contributed by atoms with van der Waals surface area (Å²) in [6, 6.07) is 4.47. The Bertz CT molecular complexity index is 548. The van der Waals surface area contributed by atoms with Gasteiger partial charge in [-0.15, -0.1) is 11.3 Å². The smallest absolute Gasteiger partial charge is 0.319 e. The quantitative estimate of drug-likeness (QED) is 0.908. The molecular weight excluding hydrogens is 261 g/mol. The molecule has 2 aromatic rings. The fourth-order valence-electron chi connectivity index (χ4n) is 1.71. The molecule has 0 aliphatic carbocycles. The number of alkyl halides is 3. The molecule has 0 amide bonds. The number of rotatable bonds is 2. The van der Waals surface area contributed by atoms with Gasteiger partial charge in [-0.05, 0) is 18.6 Å². The Morgan fingerprint density at radius 2 is 1.94 bits per heavy atom. The van der Waals surface area contributed by atoms with Gasteiger partial charge in [0.25, 0.3) is 0 Å². The first-order valence-electron chi connectivity index (χ1n) is 5.23. The topological polar surface area (TPSA) is 38.9 Å². The molecule has 0 aliphatic rings. The summed E-state index contributed by atoms with van der Waals surface area (Å²) in [5, 5.41) is 2.47. The summed E-state index contributed by atoms with van der Waals surface area (Å²) in [5.74, 6) is 0. The highest BCUT2D eigenvalue weighted by Crippen LogP contribution is 2.35. The lowest BCUT2D eigenvalue weighted by atomic mass is 9.99. The summed E-state index contributed by atoms with van der Waals surface area (Å²) in [6.45, 7) is 1.79. The van der Waals surface area contributed by atoms with Crippen LogP contribution in [0.4, 0.5) is 13.2 Å². The molecule has 6 heteroatoms. The predicted molar refractivity (Wildman–Crippen MR) is 64.3 cm³/mol.